The fourth-order valence-corrected chi connectivity index (χ4v) is 2.39. The number of hydrogen-bond acceptors (Lipinski definition) is 1. The van der Waals surface area contributed by atoms with E-state index in [2.05, 4.69) is 26.1 Å². The van der Waals surface area contributed by atoms with E-state index >= 15 is 0 Å². The summed E-state index contributed by atoms with van der Waals surface area (Å²) in [6.07, 6.45) is 2.66. The first-order valence-electron chi connectivity index (χ1n) is 6.13. The molecule has 2 unspecified atom stereocenters. The Bertz CT molecular complexity index is 413. The van der Waals surface area contributed by atoms with Crippen molar-refractivity contribution < 1.29 is 0 Å². The number of nitrogens with one attached hydrogen (secondary N) is 1. The van der Waals surface area contributed by atoms with Crippen LogP contribution in [0.3, 0.4) is 0 Å². The SMILES string of the molecule is CC(NC(C)C1(C)CC1)c1ccc(Cl)c(Cl)c1. The average molecular weight is 272 g/mol. The monoisotopic (exact) mass is 271 g/mol. The molecule has 2 atom stereocenters. The van der Waals surface area contributed by atoms with Gasteiger partial charge >= 0.3 is 0 Å². The molecule has 2 rings (SSSR count). The van der Waals surface area contributed by atoms with Crippen LogP contribution in [-0.2, 0) is 0 Å². The molecular formula is C14H19Cl2N. The van der Waals surface area contributed by atoms with E-state index in [1.165, 1.54) is 18.4 Å². The lowest BCUT2D eigenvalue weighted by atomic mass is 9.98. The van der Waals surface area contributed by atoms with Gasteiger partial charge in [-0.25, -0.2) is 0 Å². The van der Waals surface area contributed by atoms with Gasteiger partial charge in [-0.3, -0.25) is 0 Å². The molecule has 94 valence electrons. The Morgan fingerprint density at radius 1 is 1.18 bits per heavy atom. The molecule has 1 aromatic carbocycles. The van der Waals surface area contributed by atoms with Gasteiger partial charge in [0.1, 0.15) is 0 Å². The van der Waals surface area contributed by atoms with Crippen LogP contribution < -0.4 is 5.32 Å². The topological polar surface area (TPSA) is 12.0 Å². The Balaban J connectivity index is 2.03. The molecule has 0 aliphatic heterocycles. The van der Waals surface area contributed by atoms with Gasteiger partial charge in [0.15, 0.2) is 0 Å². The van der Waals surface area contributed by atoms with Crippen molar-refractivity contribution in [1.82, 2.24) is 5.32 Å². The van der Waals surface area contributed by atoms with Gasteiger partial charge in [0.05, 0.1) is 10.0 Å². The maximum atomic E-state index is 6.04. The van der Waals surface area contributed by atoms with E-state index in [0.717, 1.165) is 0 Å². The van der Waals surface area contributed by atoms with E-state index in [-0.39, 0.29) is 0 Å². The Morgan fingerprint density at radius 2 is 1.82 bits per heavy atom. The van der Waals surface area contributed by atoms with E-state index in [9.17, 15) is 0 Å². The molecule has 1 aliphatic carbocycles. The van der Waals surface area contributed by atoms with Crippen LogP contribution in [0.5, 0.6) is 0 Å². The highest BCUT2D eigenvalue weighted by molar-refractivity contribution is 6.42. The molecule has 0 radical (unpaired) electrons. The minimum Gasteiger partial charge on any atom is -0.307 e. The van der Waals surface area contributed by atoms with Gasteiger partial charge in [0, 0.05) is 12.1 Å². The third kappa shape index (κ3) is 2.96. The van der Waals surface area contributed by atoms with Crippen LogP contribution >= 0.6 is 23.2 Å². The smallest absolute Gasteiger partial charge is 0.0595 e. The second-order valence-corrected chi connectivity index (χ2v) is 6.25. The molecular weight excluding hydrogens is 253 g/mol. The van der Waals surface area contributed by atoms with Crippen molar-refractivity contribution >= 4 is 23.2 Å². The van der Waals surface area contributed by atoms with Crippen molar-refractivity contribution in [2.24, 2.45) is 5.41 Å². The summed E-state index contributed by atoms with van der Waals surface area (Å²) in [6, 6.07) is 6.68. The number of benzene rings is 1. The third-order valence-electron chi connectivity index (χ3n) is 4.03. The molecule has 0 spiro atoms. The summed E-state index contributed by atoms with van der Waals surface area (Å²) in [5.74, 6) is 0. The van der Waals surface area contributed by atoms with Crippen LogP contribution in [-0.4, -0.2) is 6.04 Å². The predicted molar refractivity (Wildman–Crippen MR) is 74.8 cm³/mol. The highest BCUT2D eigenvalue weighted by Gasteiger charge is 2.42. The van der Waals surface area contributed by atoms with Crippen LogP contribution in [0.15, 0.2) is 18.2 Å². The summed E-state index contributed by atoms with van der Waals surface area (Å²) in [5, 5.41) is 4.89. The molecule has 0 aromatic heterocycles. The van der Waals surface area contributed by atoms with E-state index in [1.807, 2.05) is 18.2 Å². The van der Waals surface area contributed by atoms with E-state index in [4.69, 9.17) is 23.2 Å². The zero-order chi connectivity index (χ0) is 12.6. The van der Waals surface area contributed by atoms with Gasteiger partial charge in [-0.05, 0) is 49.8 Å². The summed E-state index contributed by atoms with van der Waals surface area (Å²) in [7, 11) is 0. The normalized spacial score (nSPS) is 21.0. The van der Waals surface area contributed by atoms with Crippen LogP contribution in [0.25, 0.3) is 0 Å². The molecule has 0 heterocycles. The Labute approximate surface area is 114 Å². The molecule has 3 heteroatoms. The molecule has 0 saturated heterocycles. The molecule has 1 nitrogen and oxygen atoms in total. The quantitative estimate of drug-likeness (QED) is 0.827. The molecule has 1 fully saturated rings. The predicted octanol–water partition coefficient (Wildman–Crippen LogP) is 4.83. The second-order valence-electron chi connectivity index (χ2n) is 5.44. The standard InChI is InChI=1S/C14H19Cl2N/c1-9(17-10(2)14(3)6-7-14)11-4-5-12(15)13(16)8-11/h4-5,8-10,17H,6-7H2,1-3H3. The zero-order valence-electron chi connectivity index (χ0n) is 10.6. The Kier molecular flexibility index (Phi) is 3.72. The minimum atomic E-state index is 0.303. The van der Waals surface area contributed by atoms with Gasteiger partial charge in [0.2, 0.25) is 0 Å². The maximum Gasteiger partial charge on any atom is 0.0595 e. The lowest BCUT2D eigenvalue weighted by Gasteiger charge is -2.25. The van der Waals surface area contributed by atoms with E-state index in [1.54, 1.807) is 0 Å². The Morgan fingerprint density at radius 3 is 2.35 bits per heavy atom. The second kappa shape index (κ2) is 4.79. The van der Waals surface area contributed by atoms with Gasteiger partial charge in [-0.2, -0.15) is 0 Å². The van der Waals surface area contributed by atoms with Crippen molar-refractivity contribution in [3.63, 3.8) is 0 Å². The lowest BCUT2D eigenvalue weighted by Crippen LogP contribution is -2.35. The molecule has 0 amide bonds. The maximum absolute atomic E-state index is 6.04. The molecule has 1 N–H and O–H groups in total. The first-order chi connectivity index (χ1) is 7.92. The molecule has 1 saturated carbocycles. The average Bonchev–Trinajstić information content (AvgIpc) is 3.02. The summed E-state index contributed by atoms with van der Waals surface area (Å²) >= 11 is 12.0. The molecule has 1 aromatic rings. The Hall–Kier alpha value is -0.240. The van der Waals surface area contributed by atoms with Gasteiger partial charge in [-0.1, -0.05) is 36.2 Å². The van der Waals surface area contributed by atoms with Crippen molar-refractivity contribution in [2.75, 3.05) is 0 Å². The lowest BCUT2D eigenvalue weighted by molar-refractivity contribution is 0.350. The van der Waals surface area contributed by atoms with Crippen molar-refractivity contribution in [2.45, 2.75) is 45.7 Å². The molecule has 0 bridgehead atoms. The minimum absolute atomic E-state index is 0.303. The van der Waals surface area contributed by atoms with E-state index in [0.29, 0.717) is 27.5 Å². The third-order valence-corrected chi connectivity index (χ3v) is 4.77. The fraction of sp³-hybridized carbons (Fsp3) is 0.571. The van der Waals surface area contributed by atoms with Crippen LogP contribution in [0, 0.1) is 5.41 Å². The van der Waals surface area contributed by atoms with Crippen LogP contribution in [0.1, 0.15) is 45.2 Å². The van der Waals surface area contributed by atoms with Gasteiger partial charge < -0.3 is 5.32 Å². The van der Waals surface area contributed by atoms with Crippen molar-refractivity contribution in [3.8, 4) is 0 Å². The number of hydrogen-bond donors (Lipinski definition) is 1. The summed E-state index contributed by atoms with van der Waals surface area (Å²) in [5.41, 5.74) is 1.68. The molecule has 17 heavy (non-hydrogen) atoms. The van der Waals surface area contributed by atoms with Crippen LogP contribution in [0.4, 0.5) is 0 Å². The first-order valence-corrected chi connectivity index (χ1v) is 6.89. The fourth-order valence-electron chi connectivity index (χ4n) is 2.08. The zero-order valence-corrected chi connectivity index (χ0v) is 12.1. The first kappa shape index (κ1) is 13.2. The summed E-state index contributed by atoms with van der Waals surface area (Å²) in [4.78, 5) is 0. The van der Waals surface area contributed by atoms with Crippen LogP contribution in [0.2, 0.25) is 10.0 Å². The number of rotatable bonds is 4. The highest BCUT2D eigenvalue weighted by atomic mass is 35.5. The van der Waals surface area contributed by atoms with Gasteiger partial charge in [0.25, 0.3) is 0 Å². The number of halogens is 2. The van der Waals surface area contributed by atoms with Crippen molar-refractivity contribution in [1.29, 1.82) is 0 Å². The summed E-state index contributed by atoms with van der Waals surface area (Å²) < 4.78 is 0. The molecule has 1 aliphatic rings. The van der Waals surface area contributed by atoms with Crippen molar-refractivity contribution in [3.05, 3.63) is 33.8 Å². The van der Waals surface area contributed by atoms with E-state index < -0.39 is 0 Å². The van der Waals surface area contributed by atoms with Gasteiger partial charge in [-0.15, -0.1) is 0 Å². The summed E-state index contributed by atoms with van der Waals surface area (Å²) in [6.45, 7) is 6.77. The highest BCUT2D eigenvalue weighted by Crippen LogP contribution is 2.48. The largest absolute Gasteiger partial charge is 0.307 e.